The lowest BCUT2D eigenvalue weighted by molar-refractivity contribution is 0.529. The zero-order valence-electron chi connectivity index (χ0n) is 26.9. The van der Waals surface area contributed by atoms with Crippen molar-refractivity contribution >= 4 is 51.7 Å². The van der Waals surface area contributed by atoms with Crippen molar-refractivity contribution in [3.8, 4) is 54.6 Å². The fourth-order valence-electron chi connectivity index (χ4n) is 6.13. The molecular formula is C36F6N12O3. The van der Waals surface area contributed by atoms with Crippen LogP contribution in [-0.4, -0.2) is 15.0 Å². The summed E-state index contributed by atoms with van der Waals surface area (Å²) in [5.41, 5.74) is -10.4. The third-order valence-electron chi connectivity index (χ3n) is 8.36. The average molecular weight is 762 g/mol. The number of oxazole rings is 3. The van der Waals surface area contributed by atoms with Crippen LogP contribution >= 0.6 is 0 Å². The first kappa shape index (κ1) is 35.7. The topological polar surface area (TPSA) is 292 Å². The van der Waals surface area contributed by atoms with Gasteiger partial charge in [0.1, 0.15) is 106 Å². The Morgan fingerprint density at radius 3 is 0.702 bits per heavy atom. The number of benzene rings is 1. The van der Waals surface area contributed by atoms with Crippen LogP contribution in [0.3, 0.4) is 0 Å². The molecule has 0 saturated carbocycles. The summed E-state index contributed by atoms with van der Waals surface area (Å²) in [4.78, 5) is 10.7. The normalized spacial score (nSPS) is 13.3. The third kappa shape index (κ3) is 4.61. The Balaban J connectivity index is 1.79. The predicted molar refractivity (Wildman–Crippen MR) is 167 cm³/mol. The van der Waals surface area contributed by atoms with Crippen molar-refractivity contribution in [2.75, 3.05) is 0 Å². The molecule has 15 nitrogen and oxygen atoms in total. The fourth-order valence-corrected chi connectivity index (χ4v) is 6.13. The lowest BCUT2D eigenvalue weighted by Crippen LogP contribution is -2.64. The molecular weight excluding hydrogens is 762 g/mol. The van der Waals surface area contributed by atoms with Gasteiger partial charge in [0.05, 0.1) is 16.7 Å². The number of allylic oxidation sites excluding steroid dienone is 6. The molecule has 0 bridgehead atoms. The lowest BCUT2D eigenvalue weighted by atomic mass is 10.1. The van der Waals surface area contributed by atoms with Crippen LogP contribution in [0.15, 0.2) is 30.0 Å². The van der Waals surface area contributed by atoms with E-state index in [1.165, 1.54) is 54.6 Å². The molecule has 4 aromatic rings. The van der Waals surface area contributed by atoms with Gasteiger partial charge in [0.2, 0.25) is 35.0 Å². The second-order valence-corrected chi connectivity index (χ2v) is 11.0. The summed E-state index contributed by atoms with van der Waals surface area (Å²) in [7, 11) is 0. The Morgan fingerprint density at radius 1 is 0.351 bits per heavy atom. The van der Waals surface area contributed by atoms with Crippen LogP contribution in [-0.2, 0) is 0 Å². The van der Waals surface area contributed by atoms with E-state index in [-0.39, 0.29) is 0 Å². The first-order valence-corrected chi connectivity index (χ1v) is 14.7. The van der Waals surface area contributed by atoms with E-state index in [2.05, 4.69) is 15.0 Å². The number of nitriles is 9. The summed E-state index contributed by atoms with van der Waals surface area (Å²) in [6, 6.07) is 12.6. The van der Waals surface area contributed by atoms with Crippen molar-refractivity contribution in [1.82, 2.24) is 15.0 Å². The van der Waals surface area contributed by atoms with Crippen LogP contribution in [0.5, 0.6) is 0 Å². The molecule has 0 unspecified atom stereocenters. The molecule has 0 fully saturated rings. The maximum Gasteiger partial charge on any atom is 0.242 e. The minimum Gasteiger partial charge on any atom is -0.423 e. The van der Waals surface area contributed by atoms with E-state index in [0.29, 0.717) is 0 Å². The van der Waals surface area contributed by atoms with Gasteiger partial charge in [-0.3, -0.25) is 0 Å². The molecule has 3 aliphatic rings. The Kier molecular flexibility index (Phi) is 7.98. The van der Waals surface area contributed by atoms with Crippen molar-refractivity contribution < 1.29 is 39.6 Å². The molecule has 3 aromatic heterocycles. The molecule has 0 radical (unpaired) electrons. The monoisotopic (exact) mass is 762 g/mol. The van der Waals surface area contributed by atoms with Gasteiger partial charge in [0.25, 0.3) is 0 Å². The minimum atomic E-state index is -1.97. The molecule has 0 saturated heterocycles. The van der Waals surface area contributed by atoms with Crippen molar-refractivity contribution in [2.24, 2.45) is 0 Å². The van der Waals surface area contributed by atoms with Crippen molar-refractivity contribution in [1.29, 1.82) is 47.4 Å². The molecule has 21 heteroatoms. The third-order valence-corrected chi connectivity index (χ3v) is 8.36. The molecule has 3 heterocycles. The van der Waals surface area contributed by atoms with E-state index in [1.807, 2.05) is 0 Å². The molecule has 0 aliphatic heterocycles. The van der Waals surface area contributed by atoms with E-state index in [9.17, 15) is 47.4 Å². The van der Waals surface area contributed by atoms with Gasteiger partial charge in [0, 0.05) is 31.3 Å². The number of nitrogens with zero attached hydrogens (tertiary/aromatic N) is 12. The van der Waals surface area contributed by atoms with E-state index in [4.69, 9.17) is 13.3 Å². The maximum atomic E-state index is 16.8. The van der Waals surface area contributed by atoms with Gasteiger partial charge in [-0.15, -0.1) is 0 Å². The van der Waals surface area contributed by atoms with Crippen molar-refractivity contribution in [3.05, 3.63) is 100 Å². The Hall–Kier alpha value is -9.72. The predicted octanol–water partition coefficient (Wildman–Crippen LogP) is 1.32. The second-order valence-electron chi connectivity index (χ2n) is 11.0. The highest BCUT2D eigenvalue weighted by Gasteiger charge is 2.39. The van der Waals surface area contributed by atoms with E-state index in [0.717, 1.165) is 0 Å². The van der Waals surface area contributed by atoms with E-state index in [1.54, 1.807) is 0 Å². The summed E-state index contributed by atoms with van der Waals surface area (Å²) in [5, 5.41) is 77.4. The summed E-state index contributed by atoms with van der Waals surface area (Å²) >= 11 is 0. The lowest BCUT2D eigenvalue weighted by Gasteiger charge is -2.00. The quantitative estimate of drug-likeness (QED) is 0.210. The first-order valence-electron chi connectivity index (χ1n) is 14.7. The highest BCUT2D eigenvalue weighted by molar-refractivity contribution is 6.03. The molecule has 0 atom stereocenters. The molecule has 57 heavy (non-hydrogen) atoms. The number of aromatic nitrogens is 3. The largest absolute Gasteiger partial charge is 0.423 e. The molecule has 0 N–H and O–H groups in total. The van der Waals surface area contributed by atoms with Gasteiger partial charge in [-0.25, -0.2) is 26.3 Å². The summed E-state index contributed by atoms with van der Waals surface area (Å²) in [6.45, 7) is 0. The molecule has 7 rings (SSSR count). The van der Waals surface area contributed by atoms with Gasteiger partial charge in [0.15, 0.2) is 17.1 Å². The van der Waals surface area contributed by atoms with Crippen LogP contribution in [0.4, 0.5) is 26.3 Å². The van der Waals surface area contributed by atoms with Gasteiger partial charge >= 0.3 is 0 Å². The SMILES string of the molecule is N#CC(=C1C(F)=c2c3c(c4c(c2=C1F)=C(F)C(=C(C#N)c1nc(C#N)c(C#N)o1)C=4F)=C(F)C(=C(C#N)c1nc(C#N)c(C#N)o1)C=3F)c1nc(C#N)c(C#N)o1. The van der Waals surface area contributed by atoms with Gasteiger partial charge < -0.3 is 13.3 Å². The van der Waals surface area contributed by atoms with Gasteiger partial charge in [-0.05, 0) is 0 Å². The van der Waals surface area contributed by atoms with Crippen LogP contribution in [0.1, 0.15) is 52.0 Å². The van der Waals surface area contributed by atoms with Crippen molar-refractivity contribution in [2.45, 2.75) is 0 Å². The van der Waals surface area contributed by atoms with Crippen LogP contribution in [0.25, 0.3) is 51.7 Å². The summed E-state index contributed by atoms with van der Waals surface area (Å²) in [5.74, 6) is -17.4. The molecule has 0 amide bonds. The smallest absolute Gasteiger partial charge is 0.242 e. The highest BCUT2D eigenvalue weighted by atomic mass is 19.2. The molecule has 1 aromatic carbocycles. The average Bonchev–Trinajstić information content (AvgIpc) is 4.06. The van der Waals surface area contributed by atoms with Crippen LogP contribution in [0, 0.1) is 102 Å². The number of hydrogen-bond acceptors (Lipinski definition) is 15. The Labute approximate surface area is 308 Å². The number of hydrogen-bond donors (Lipinski definition) is 0. The zero-order chi connectivity index (χ0) is 41.2. The van der Waals surface area contributed by atoms with Gasteiger partial charge in [-0.1, -0.05) is 0 Å². The summed E-state index contributed by atoms with van der Waals surface area (Å²) < 4.78 is 116. The Morgan fingerprint density at radius 2 is 0.561 bits per heavy atom. The van der Waals surface area contributed by atoms with E-state index < -0.39 is 152 Å². The van der Waals surface area contributed by atoms with Crippen LogP contribution < -0.4 is 31.3 Å². The second kappa shape index (κ2) is 12.7. The molecule has 0 spiro atoms. The Bertz CT molecular complexity index is 3040. The standard InChI is InChI=1S/C36F6N12O3/c37-28-19(10(1-43)34-52-13(4-46)16(7-49)55-34)29(38)23-22(28)24-26(32(41)20(30(24)39)11(2-44)35-53-14(5-47)17(8-50)56-35)27-25(23)31(40)21(33(27)42)12(3-45)36-54-15(6-48)18(9-51)57-36. The first-order chi connectivity index (χ1) is 27.4. The van der Waals surface area contributed by atoms with Crippen LogP contribution in [0.2, 0.25) is 0 Å². The maximum absolute atomic E-state index is 16.8. The molecule has 3 aliphatic carbocycles. The molecule has 264 valence electrons. The van der Waals surface area contributed by atoms with Gasteiger partial charge in [-0.2, -0.15) is 62.3 Å². The van der Waals surface area contributed by atoms with E-state index >= 15 is 26.3 Å². The zero-order valence-corrected chi connectivity index (χ0v) is 26.9. The highest BCUT2D eigenvalue weighted by Crippen LogP contribution is 2.37. The van der Waals surface area contributed by atoms with Crippen molar-refractivity contribution in [3.63, 3.8) is 0 Å². The fraction of sp³-hybridized carbons (Fsp3) is 0. The number of halogens is 6. The number of fused-ring (bicyclic) bond motifs is 6. The summed E-state index contributed by atoms with van der Waals surface area (Å²) in [6.07, 6.45) is 0. The minimum absolute atomic E-state index is 0.750. The number of rotatable bonds is 3.